The lowest BCUT2D eigenvalue weighted by Crippen LogP contribution is -2.30. The Morgan fingerprint density at radius 2 is 1.89 bits per heavy atom. The molecule has 2 N–H and O–H groups in total. The Bertz CT molecular complexity index is 498. The average Bonchev–Trinajstić information content (AvgIpc) is 2.35. The first-order valence-electron chi connectivity index (χ1n) is 5.30. The van der Waals surface area contributed by atoms with E-state index in [2.05, 4.69) is 4.72 Å². The fraction of sp³-hybridized carbons (Fsp3) is 0.455. The Labute approximate surface area is 107 Å². The Kier molecular flexibility index (Phi) is 4.94. The average molecular weight is 275 g/mol. The van der Waals surface area contributed by atoms with E-state index in [1.54, 1.807) is 0 Å². The molecule has 0 radical (unpaired) electrons. The largest absolute Gasteiger partial charge is 0.493 e. The summed E-state index contributed by atoms with van der Waals surface area (Å²) in [5.74, 6) is 0.782. The number of aliphatic hydroxyl groups excluding tert-OH is 1. The van der Waals surface area contributed by atoms with Crippen LogP contribution >= 0.6 is 0 Å². The highest BCUT2D eigenvalue weighted by Crippen LogP contribution is 2.29. The second-order valence-corrected chi connectivity index (χ2v) is 5.48. The molecule has 18 heavy (non-hydrogen) atoms. The van der Waals surface area contributed by atoms with E-state index in [1.807, 2.05) is 0 Å². The van der Waals surface area contributed by atoms with Gasteiger partial charge in [-0.2, -0.15) is 0 Å². The molecule has 0 saturated carbocycles. The molecule has 1 aromatic rings. The van der Waals surface area contributed by atoms with E-state index in [9.17, 15) is 8.42 Å². The minimum atomic E-state index is -3.66. The highest BCUT2D eigenvalue weighted by Gasteiger charge is 2.17. The van der Waals surface area contributed by atoms with Crippen LogP contribution in [0.3, 0.4) is 0 Å². The van der Waals surface area contributed by atoms with Gasteiger partial charge in [0.25, 0.3) is 0 Å². The van der Waals surface area contributed by atoms with Crippen LogP contribution in [0.5, 0.6) is 11.5 Å². The summed E-state index contributed by atoms with van der Waals surface area (Å²) >= 11 is 0. The Hall–Kier alpha value is -1.31. The van der Waals surface area contributed by atoms with E-state index in [0.29, 0.717) is 11.5 Å². The minimum Gasteiger partial charge on any atom is -0.493 e. The molecular formula is C11H17NO5S. The van der Waals surface area contributed by atoms with Crippen LogP contribution in [0.25, 0.3) is 0 Å². The van der Waals surface area contributed by atoms with Crippen molar-refractivity contribution < 1.29 is 23.0 Å². The monoisotopic (exact) mass is 275 g/mol. The van der Waals surface area contributed by atoms with Crippen LogP contribution in [-0.2, 0) is 10.0 Å². The Balaban J connectivity index is 3.02. The molecule has 1 rings (SSSR count). The molecule has 1 atom stereocenters. The molecule has 0 amide bonds. The van der Waals surface area contributed by atoms with Crippen molar-refractivity contribution in [1.29, 1.82) is 0 Å². The molecule has 0 saturated heterocycles. The molecule has 0 aliphatic rings. The number of ether oxygens (including phenoxy) is 2. The predicted molar refractivity (Wildman–Crippen MR) is 66.4 cm³/mol. The minimum absolute atomic E-state index is 0.0450. The first kappa shape index (κ1) is 14.7. The molecular weight excluding hydrogens is 258 g/mol. The van der Waals surface area contributed by atoms with Crippen LogP contribution < -0.4 is 14.2 Å². The molecule has 1 aromatic carbocycles. The topological polar surface area (TPSA) is 84.9 Å². The standard InChI is InChI=1S/C11H17NO5S/c1-8(13)7-12-18(14,15)9-4-5-10(16-2)11(6-9)17-3/h4-6,8,12-13H,7H2,1-3H3/t8-/m1/s1. The second-order valence-electron chi connectivity index (χ2n) is 3.72. The number of benzene rings is 1. The first-order valence-corrected chi connectivity index (χ1v) is 6.78. The summed E-state index contributed by atoms with van der Waals surface area (Å²) in [4.78, 5) is 0.0563. The third-order valence-corrected chi connectivity index (χ3v) is 3.66. The molecule has 0 aromatic heterocycles. The number of hydrogen-bond donors (Lipinski definition) is 2. The van der Waals surface area contributed by atoms with Crippen LogP contribution in [-0.4, -0.2) is 40.4 Å². The van der Waals surface area contributed by atoms with E-state index < -0.39 is 16.1 Å². The fourth-order valence-corrected chi connectivity index (χ4v) is 2.43. The van der Waals surface area contributed by atoms with Gasteiger partial charge in [0.1, 0.15) is 0 Å². The Morgan fingerprint density at radius 3 is 2.39 bits per heavy atom. The van der Waals surface area contributed by atoms with Gasteiger partial charge in [-0.1, -0.05) is 0 Å². The van der Waals surface area contributed by atoms with Gasteiger partial charge in [0.15, 0.2) is 11.5 Å². The maximum atomic E-state index is 11.9. The van der Waals surface area contributed by atoms with Gasteiger partial charge >= 0.3 is 0 Å². The van der Waals surface area contributed by atoms with Crippen LogP contribution in [0.1, 0.15) is 6.92 Å². The molecule has 0 spiro atoms. The maximum Gasteiger partial charge on any atom is 0.240 e. The molecule has 0 aliphatic heterocycles. The molecule has 0 heterocycles. The zero-order chi connectivity index (χ0) is 13.8. The summed E-state index contributed by atoms with van der Waals surface area (Å²) in [6, 6.07) is 4.28. The number of rotatable bonds is 6. The van der Waals surface area contributed by atoms with Crippen LogP contribution in [0, 0.1) is 0 Å². The van der Waals surface area contributed by atoms with Crippen LogP contribution in [0.4, 0.5) is 0 Å². The molecule has 6 nitrogen and oxygen atoms in total. The van der Waals surface area contributed by atoms with E-state index in [0.717, 1.165) is 0 Å². The van der Waals surface area contributed by atoms with Crippen LogP contribution in [0.2, 0.25) is 0 Å². The maximum absolute atomic E-state index is 11.9. The normalized spacial score (nSPS) is 13.1. The lowest BCUT2D eigenvalue weighted by molar-refractivity contribution is 0.198. The van der Waals surface area contributed by atoms with Crippen molar-refractivity contribution in [2.24, 2.45) is 0 Å². The Morgan fingerprint density at radius 1 is 1.28 bits per heavy atom. The third kappa shape index (κ3) is 3.59. The number of hydrogen-bond acceptors (Lipinski definition) is 5. The SMILES string of the molecule is COc1ccc(S(=O)(=O)NC[C@@H](C)O)cc1OC. The van der Waals surface area contributed by atoms with Gasteiger partial charge in [-0.25, -0.2) is 13.1 Å². The summed E-state index contributed by atoms with van der Waals surface area (Å²) in [6.45, 7) is 1.45. The second kappa shape index (κ2) is 6.03. The number of aliphatic hydroxyl groups is 1. The molecule has 0 aliphatic carbocycles. The van der Waals surface area contributed by atoms with Crippen molar-refractivity contribution in [2.75, 3.05) is 20.8 Å². The summed E-state index contributed by atoms with van der Waals surface area (Å²) in [7, 11) is -0.760. The van der Waals surface area contributed by atoms with Crippen molar-refractivity contribution in [3.05, 3.63) is 18.2 Å². The van der Waals surface area contributed by atoms with Gasteiger partial charge in [0, 0.05) is 12.6 Å². The third-order valence-electron chi connectivity index (χ3n) is 2.23. The van der Waals surface area contributed by atoms with Crippen molar-refractivity contribution >= 4 is 10.0 Å². The summed E-state index contributed by atoms with van der Waals surface area (Å²) < 4.78 is 36.1. The number of sulfonamides is 1. The zero-order valence-electron chi connectivity index (χ0n) is 10.5. The van der Waals surface area contributed by atoms with Gasteiger partial charge < -0.3 is 14.6 Å². The summed E-state index contributed by atoms with van der Waals surface area (Å²) in [6.07, 6.45) is -0.750. The quantitative estimate of drug-likeness (QED) is 0.783. The van der Waals surface area contributed by atoms with Gasteiger partial charge in [-0.3, -0.25) is 0 Å². The van der Waals surface area contributed by atoms with Gasteiger partial charge in [-0.05, 0) is 19.1 Å². The predicted octanol–water partition coefficient (Wildman–Crippen LogP) is 0.363. The molecule has 7 heteroatoms. The highest BCUT2D eigenvalue weighted by molar-refractivity contribution is 7.89. The van der Waals surface area contributed by atoms with Gasteiger partial charge in [0.2, 0.25) is 10.0 Å². The van der Waals surface area contributed by atoms with Gasteiger partial charge in [0.05, 0.1) is 25.2 Å². The highest BCUT2D eigenvalue weighted by atomic mass is 32.2. The van der Waals surface area contributed by atoms with Crippen molar-refractivity contribution in [3.63, 3.8) is 0 Å². The van der Waals surface area contributed by atoms with E-state index in [-0.39, 0.29) is 11.4 Å². The fourth-order valence-electron chi connectivity index (χ4n) is 1.30. The molecule has 0 bridgehead atoms. The lowest BCUT2D eigenvalue weighted by Gasteiger charge is -2.11. The van der Waals surface area contributed by atoms with Crippen molar-refractivity contribution in [2.45, 2.75) is 17.9 Å². The number of nitrogens with one attached hydrogen (secondary N) is 1. The lowest BCUT2D eigenvalue weighted by atomic mass is 10.3. The first-order chi connectivity index (χ1) is 8.40. The smallest absolute Gasteiger partial charge is 0.240 e. The summed E-state index contributed by atoms with van der Waals surface area (Å²) in [5, 5.41) is 9.07. The molecule has 0 unspecified atom stereocenters. The van der Waals surface area contributed by atoms with Gasteiger partial charge in [-0.15, -0.1) is 0 Å². The van der Waals surface area contributed by atoms with E-state index >= 15 is 0 Å². The van der Waals surface area contributed by atoms with Crippen molar-refractivity contribution in [3.8, 4) is 11.5 Å². The van der Waals surface area contributed by atoms with E-state index in [1.165, 1.54) is 39.3 Å². The number of methoxy groups -OCH3 is 2. The summed E-state index contributed by atoms with van der Waals surface area (Å²) in [5.41, 5.74) is 0. The zero-order valence-corrected chi connectivity index (χ0v) is 11.3. The molecule has 0 fully saturated rings. The van der Waals surface area contributed by atoms with Crippen LogP contribution in [0.15, 0.2) is 23.1 Å². The van der Waals surface area contributed by atoms with Crippen molar-refractivity contribution in [1.82, 2.24) is 4.72 Å². The van der Waals surface area contributed by atoms with E-state index in [4.69, 9.17) is 14.6 Å². The molecule has 102 valence electrons.